The van der Waals surface area contributed by atoms with Crippen LogP contribution in [0.15, 0.2) is 12.1 Å². The molecule has 3 aliphatic carbocycles. The molecule has 1 unspecified atom stereocenters. The number of hydrogen-bond donors (Lipinski definition) is 3. The predicted molar refractivity (Wildman–Crippen MR) is 98.1 cm³/mol. The lowest BCUT2D eigenvalue weighted by atomic mass is 9.49. The zero-order valence-electron chi connectivity index (χ0n) is 15.2. The summed E-state index contributed by atoms with van der Waals surface area (Å²) >= 11 is 0. The second-order valence-electron chi connectivity index (χ2n) is 8.98. The fourth-order valence-corrected chi connectivity index (χ4v) is 6.26. The third-order valence-electron chi connectivity index (χ3n) is 7.67. The minimum absolute atomic E-state index is 0.0180. The molecule has 1 aromatic carbocycles. The lowest BCUT2D eigenvalue weighted by Gasteiger charge is -2.64. The van der Waals surface area contributed by atoms with E-state index < -0.39 is 16.9 Å². The predicted octanol–water partition coefficient (Wildman–Crippen LogP) is 2.07. The van der Waals surface area contributed by atoms with Crippen LogP contribution in [0.2, 0.25) is 0 Å². The molecule has 2 bridgehead atoms. The molecule has 4 N–H and O–H groups in total. The summed E-state index contributed by atoms with van der Waals surface area (Å²) in [5.74, 6) is 0.209. The van der Waals surface area contributed by atoms with Gasteiger partial charge in [0.1, 0.15) is 5.75 Å². The zero-order valence-corrected chi connectivity index (χ0v) is 15.2. The Morgan fingerprint density at radius 1 is 1.23 bits per heavy atom. The van der Waals surface area contributed by atoms with Gasteiger partial charge in [-0.05, 0) is 62.6 Å². The molecule has 5 nitrogen and oxygen atoms in total. The number of likely N-dealkylation sites (tertiary alicyclic amines) is 1. The molecule has 3 atom stereocenters. The van der Waals surface area contributed by atoms with Crippen molar-refractivity contribution < 1.29 is 15.0 Å². The summed E-state index contributed by atoms with van der Waals surface area (Å²) in [5.41, 5.74) is 6.31. The molecule has 1 aliphatic heterocycles. The Morgan fingerprint density at radius 2 is 2.00 bits per heavy atom. The standard InChI is InChI=1S/C21H28N2O3/c22-19(25)15-6-5-14-11-16-21(26)8-2-1-7-20(21,17(14)18(15)24)9-10-23(16)12-13-3-4-13/h5-6,13,16,24,26H,1-4,7-12H2,(H2,22,25)/t16-,20?,21-/m1/s1. The van der Waals surface area contributed by atoms with Gasteiger partial charge in [0.2, 0.25) is 0 Å². The highest BCUT2D eigenvalue weighted by Crippen LogP contribution is 2.60. The number of aromatic hydroxyl groups is 1. The van der Waals surface area contributed by atoms with Crippen molar-refractivity contribution in [1.82, 2.24) is 4.90 Å². The zero-order chi connectivity index (χ0) is 18.1. The number of amides is 1. The van der Waals surface area contributed by atoms with E-state index in [4.69, 9.17) is 5.73 Å². The summed E-state index contributed by atoms with van der Waals surface area (Å²) in [6.07, 6.45) is 7.94. The van der Waals surface area contributed by atoms with Crippen LogP contribution in [0.25, 0.3) is 0 Å². The molecule has 5 heteroatoms. The fourth-order valence-electron chi connectivity index (χ4n) is 6.26. The van der Waals surface area contributed by atoms with Crippen molar-refractivity contribution in [2.75, 3.05) is 13.1 Å². The van der Waals surface area contributed by atoms with Crippen molar-refractivity contribution in [3.05, 3.63) is 28.8 Å². The van der Waals surface area contributed by atoms with E-state index in [0.29, 0.717) is 0 Å². The van der Waals surface area contributed by atoms with E-state index >= 15 is 0 Å². The Labute approximate surface area is 154 Å². The first kappa shape index (κ1) is 16.6. The van der Waals surface area contributed by atoms with E-state index in [1.54, 1.807) is 6.07 Å². The van der Waals surface area contributed by atoms with Crippen LogP contribution in [0, 0.1) is 5.92 Å². The Kier molecular flexibility index (Phi) is 3.48. The van der Waals surface area contributed by atoms with Crippen LogP contribution in [-0.2, 0) is 11.8 Å². The van der Waals surface area contributed by atoms with Crippen LogP contribution in [0.3, 0.4) is 0 Å². The van der Waals surface area contributed by atoms with Gasteiger partial charge < -0.3 is 15.9 Å². The minimum Gasteiger partial charge on any atom is -0.507 e. The van der Waals surface area contributed by atoms with Gasteiger partial charge in [0.15, 0.2) is 0 Å². The highest BCUT2D eigenvalue weighted by atomic mass is 16.3. The molecule has 1 heterocycles. The van der Waals surface area contributed by atoms with Gasteiger partial charge >= 0.3 is 0 Å². The van der Waals surface area contributed by atoms with E-state index in [9.17, 15) is 15.0 Å². The molecule has 0 radical (unpaired) electrons. The number of piperidine rings is 1. The van der Waals surface area contributed by atoms with Gasteiger partial charge in [0.05, 0.1) is 11.2 Å². The number of nitrogens with two attached hydrogens (primary N) is 1. The van der Waals surface area contributed by atoms with Gasteiger partial charge in [-0.1, -0.05) is 18.9 Å². The monoisotopic (exact) mass is 356 g/mol. The molecule has 1 aromatic rings. The van der Waals surface area contributed by atoms with Gasteiger partial charge in [-0.2, -0.15) is 0 Å². The van der Waals surface area contributed by atoms with Crippen LogP contribution in [0.1, 0.15) is 66.4 Å². The number of benzene rings is 1. The molecule has 0 spiro atoms. The van der Waals surface area contributed by atoms with E-state index in [2.05, 4.69) is 4.90 Å². The van der Waals surface area contributed by atoms with Gasteiger partial charge in [0.25, 0.3) is 5.91 Å². The maximum absolute atomic E-state index is 12.0. The van der Waals surface area contributed by atoms with E-state index in [-0.39, 0.29) is 17.4 Å². The molecule has 140 valence electrons. The van der Waals surface area contributed by atoms with E-state index in [0.717, 1.165) is 68.7 Å². The van der Waals surface area contributed by atoms with Gasteiger partial charge in [-0.25, -0.2) is 0 Å². The SMILES string of the molecule is NC(=O)c1ccc2c(c1O)C13CCCC[C@@]1(O)[C@@H](C2)N(CC1CC1)CC3. The molecular formula is C21H28N2O3. The molecule has 3 fully saturated rings. The molecule has 0 aromatic heterocycles. The second-order valence-corrected chi connectivity index (χ2v) is 8.98. The maximum Gasteiger partial charge on any atom is 0.252 e. The van der Waals surface area contributed by atoms with Crippen molar-refractivity contribution in [2.24, 2.45) is 11.7 Å². The Bertz CT molecular complexity index is 775. The van der Waals surface area contributed by atoms with Gasteiger partial charge in [-0.3, -0.25) is 9.69 Å². The van der Waals surface area contributed by atoms with Crippen molar-refractivity contribution in [2.45, 2.75) is 68.4 Å². The number of phenols is 1. The highest BCUT2D eigenvalue weighted by molar-refractivity contribution is 5.96. The number of aliphatic hydroxyl groups is 1. The third-order valence-corrected chi connectivity index (χ3v) is 7.67. The van der Waals surface area contributed by atoms with Crippen molar-refractivity contribution in [1.29, 1.82) is 0 Å². The van der Waals surface area contributed by atoms with Crippen LogP contribution in [0.5, 0.6) is 5.75 Å². The van der Waals surface area contributed by atoms with Crippen LogP contribution in [-0.4, -0.2) is 45.8 Å². The van der Waals surface area contributed by atoms with Crippen LogP contribution in [0.4, 0.5) is 0 Å². The molecule has 1 amide bonds. The van der Waals surface area contributed by atoms with E-state index in [1.807, 2.05) is 6.07 Å². The molecule has 2 saturated carbocycles. The third kappa shape index (κ3) is 2.07. The summed E-state index contributed by atoms with van der Waals surface area (Å²) in [7, 11) is 0. The minimum atomic E-state index is -0.820. The van der Waals surface area contributed by atoms with Gasteiger partial charge in [-0.15, -0.1) is 0 Å². The number of primary amides is 1. The quantitative estimate of drug-likeness (QED) is 0.774. The summed E-state index contributed by atoms with van der Waals surface area (Å²) in [6.45, 7) is 2.05. The summed E-state index contributed by atoms with van der Waals surface area (Å²) in [6, 6.07) is 3.73. The maximum atomic E-state index is 12.0. The average Bonchev–Trinajstić information content (AvgIpc) is 3.41. The molecular weight excluding hydrogens is 328 g/mol. The Balaban J connectivity index is 1.68. The number of fused-ring (bicyclic) bond motifs is 1. The molecule has 26 heavy (non-hydrogen) atoms. The lowest BCUT2D eigenvalue weighted by molar-refractivity contribution is -0.167. The summed E-state index contributed by atoms with van der Waals surface area (Å²) in [5, 5.41) is 23.0. The number of hydrogen-bond acceptors (Lipinski definition) is 4. The Morgan fingerprint density at radius 3 is 2.73 bits per heavy atom. The molecule has 5 rings (SSSR count). The lowest BCUT2D eigenvalue weighted by Crippen LogP contribution is -2.72. The van der Waals surface area contributed by atoms with Crippen molar-refractivity contribution >= 4 is 5.91 Å². The van der Waals surface area contributed by atoms with Crippen molar-refractivity contribution in [3.8, 4) is 5.75 Å². The second kappa shape index (κ2) is 5.46. The van der Waals surface area contributed by atoms with Crippen LogP contribution >= 0.6 is 0 Å². The number of carbonyl (C=O) groups excluding carboxylic acids is 1. The molecule has 4 aliphatic rings. The van der Waals surface area contributed by atoms with Crippen LogP contribution < -0.4 is 5.73 Å². The first-order chi connectivity index (χ1) is 12.5. The van der Waals surface area contributed by atoms with Gasteiger partial charge in [0, 0.05) is 23.6 Å². The largest absolute Gasteiger partial charge is 0.507 e. The number of nitrogens with zero attached hydrogens (tertiary/aromatic N) is 1. The number of carbonyl (C=O) groups is 1. The summed E-state index contributed by atoms with van der Waals surface area (Å²) < 4.78 is 0. The molecule has 1 saturated heterocycles. The topological polar surface area (TPSA) is 86.8 Å². The summed E-state index contributed by atoms with van der Waals surface area (Å²) in [4.78, 5) is 14.3. The van der Waals surface area contributed by atoms with E-state index in [1.165, 1.54) is 12.8 Å². The normalized spacial score (nSPS) is 36.3. The average molecular weight is 356 g/mol. The fraction of sp³-hybridized carbons (Fsp3) is 0.667. The Hall–Kier alpha value is -1.59. The number of rotatable bonds is 3. The first-order valence-electron chi connectivity index (χ1n) is 10.1. The highest BCUT2D eigenvalue weighted by Gasteiger charge is 2.64. The van der Waals surface area contributed by atoms with Crippen molar-refractivity contribution in [3.63, 3.8) is 0 Å². The smallest absolute Gasteiger partial charge is 0.252 e. The first-order valence-corrected chi connectivity index (χ1v) is 10.1.